The molecule has 0 radical (unpaired) electrons. The first-order chi connectivity index (χ1) is 12.0. The summed E-state index contributed by atoms with van der Waals surface area (Å²) in [5.74, 6) is 1.26. The van der Waals surface area contributed by atoms with Gasteiger partial charge < -0.3 is 14.8 Å². The zero-order valence-corrected chi connectivity index (χ0v) is 15.5. The summed E-state index contributed by atoms with van der Waals surface area (Å²) >= 11 is 6.15. The molecule has 0 aliphatic heterocycles. The average Bonchev–Trinajstić information content (AvgIpc) is 2.61. The number of halogens is 1. The smallest absolute Gasteiger partial charge is 0.234 e. The number of nitrogens with one attached hydrogen (secondary N) is 1. The summed E-state index contributed by atoms with van der Waals surface area (Å²) in [4.78, 5) is 14.1. The second kappa shape index (κ2) is 9.30. The van der Waals surface area contributed by atoms with Crippen LogP contribution in [0.3, 0.4) is 0 Å². The Kier molecular flexibility index (Phi) is 7.10. The monoisotopic (exact) mass is 362 g/mol. The van der Waals surface area contributed by atoms with E-state index in [-0.39, 0.29) is 5.91 Å². The van der Waals surface area contributed by atoms with Gasteiger partial charge in [0, 0.05) is 18.1 Å². The van der Waals surface area contributed by atoms with Crippen molar-refractivity contribution in [2.24, 2.45) is 0 Å². The summed E-state index contributed by atoms with van der Waals surface area (Å²) in [6.45, 7) is 1.33. The zero-order chi connectivity index (χ0) is 18.2. The molecule has 5 nitrogen and oxygen atoms in total. The van der Waals surface area contributed by atoms with Crippen LogP contribution in [0.25, 0.3) is 0 Å². The minimum absolute atomic E-state index is 0.0515. The van der Waals surface area contributed by atoms with E-state index in [1.807, 2.05) is 54.4 Å². The Morgan fingerprint density at radius 1 is 1.12 bits per heavy atom. The number of ether oxygens (including phenoxy) is 2. The predicted octanol–water partition coefficient (Wildman–Crippen LogP) is 3.11. The molecule has 0 spiro atoms. The Hall–Kier alpha value is -2.24. The number of carbonyl (C=O) groups is 1. The van der Waals surface area contributed by atoms with Crippen LogP contribution in [-0.2, 0) is 17.9 Å². The SMILES string of the molecule is COc1ccc(CNC(=O)CN(C)Cc2ccccc2Cl)cc1OC. The van der Waals surface area contributed by atoms with Gasteiger partial charge in [0.15, 0.2) is 11.5 Å². The first kappa shape index (κ1) is 19.1. The average molecular weight is 363 g/mol. The molecule has 0 atom stereocenters. The molecule has 2 aromatic rings. The van der Waals surface area contributed by atoms with Gasteiger partial charge >= 0.3 is 0 Å². The van der Waals surface area contributed by atoms with Crippen LogP contribution in [0.5, 0.6) is 11.5 Å². The van der Waals surface area contributed by atoms with Gasteiger partial charge in [-0.15, -0.1) is 0 Å². The van der Waals surface area contributed by atoms with E-state index >= 15 is 0 Å². The highest BCUT2D eigenvalue weighted by atomic mass is 35.5. The first-order valence-electron chi connectivity index (χ1n) is 7.93. The topological polar surface area (TPSA) is 50.8 Å². The number of hydrogen-bond acceptors (Lipinski definition) is 4. The number of hydrogen-bond donors (Lipinski definition) is 1. The Labute approximate surface area is 153 Å². The summed E-state index contributed by atoms with van der Waals surface area (Å²) in [6, 6.07) is 13.2. The molecule has 2 aromatic carbocycles. The van der Waals surface area contributed by atoms with E-state index in [4.69, 9.17) is 21.1 Å². The third-order valence-electron chi connectivity index (χ3n) is 3.75. The maximum Gasteiger partial charge on any atom is 0.234 e. The van der Waals surface area contributed by atoms with Crippen molar-refractivity contribution in [1.82, 2.24) is 10.2 Å². The van der Waals surface area contributed by atoms with Gasteiger partial charge in [0.25, 0.3) is 0 Å². The minimum Gasteiger partial charge on any atom is -0.493 e. The summed E-state index contributed by atoms with van der Waals surface area (Å²) in [7, 11) is 5.07. The van der Waals surface area contributed by atoms with Crippen LogP contribution < -0.4 is 14.8 Å². The standard InChI is InChI=1S/C19H23ClN2O3/c1-22(12-15-6-4-5-7-16(15)20)13-19(23)21-11-14-8-9-17(24-2)18(10-14)25-3/h4-10H,11-13H2,1-3H3,(H,21,23). The molecule has 0 heterocycles. The highest BCUT2D eigenvalue weighted by Crippen LogP contribution is 2.27. The van der Waals surface area contributed by atoms with E-state index in [0.717, 1.165) is 11.1 Å². The van der Waals surface area contributed by atoms with Crippen LogP contribution in [0.4, 0.5) is 0 Å². The normalized spacial score (nSPS) is 10.6. The molecule has 6 heteroatoms. The maximum absolute atomic E-state index is 12.1. The molecule has 0 saturated carbocycles. The van der Waals surface area contributed by atoms with Gasteiger partial charge in [-0.2, -0.15) is 0 Å². The molecule has 0 unspecified atom stereocenters. The Bertz CT molecular complexity index is 722. The molecule has 134 valence electrons. The number of rotatable bonds is 8. The molecule has 1 N–H and O–H groups in total. The molecule has 0 aliphatic rings. The lowest BCUT2D eigenvalue weighted by Crippen LogP contribution is -2.34. The van der Waals surface area contributed by atoms with E-state index in [1.54, 1.807) is 14.2 Å². The second-order valence-corrected chi connectivity index (χ2v) is 6.14. The molecule has 0 aromatic heterocycles. The minimum atomic E-state index is -0.0515. The molecule has 2 rings (SSSR count). The van der Waals surface area contributed by atoms with Crippen LogP contribution in [-0.4, -0.2) is 38.6 Å². The third kappa shape index (κ3) is 5.66. The fraction of sp³-hybridized carbons (Fsp3) is 0.316. The molecule has 1 amide bonds. The highest BCUT2D eigenvalue weighted by Gasteiger charge is 2.10. The van der Waals surface area contributed by atoms with Gasteiger partial charge in [-0.05, 0) is 36.4 Å². The van der Waals surface area contributed by atoms with Crippen molar-refractivity contribution in [3.05, 3.63) is 58.6 Å². The number of nitrogens with zero attached hydrogens (tertiary/aromatic N) is 1. The first-order valence-corrected chi connectivity index (χ1v) is 8.31. The Morgan fingerprint density at radius 3 is 2.52 bits per heavy atom. The lowest BCUT2D eigenvalue weighted by Gasteiger charge is -2.17. The zero-order valence-electron chi connectivity index (χ0n) is 14.7. The Balaban J connectivity index is 1.85. The number of carbonyl (C=O) groups excluding carboxylic acids is 1. The summed E-state index contributed by atoms with van der Waals surface area (Å²) in [5.41, 5.74) is 1.94. The van der Waals surface area contributed by atoms with Gasteiger partial charge in [-0.1, -0.05) is 35.9 Å². The van der Waals surface area contributed by atoms with E-state index in [2.05, 4.69) is 5.32 Å². The third-order valence-corrected chi connectivity index (χ3v) is 4.12. The van der Waals surface area contributed by atoms with E-state index in [0.29, 0.717) is 36.2 Å². The van der Waals surface area contributed by atoms with Gasteiger partial charge in [0.2, 0.25) is 5.91 Å². The summed E-state index contributed by atoms with van der Waals surface area (Å²) in [5, 5.41) is 3.62. The summed E-state index contributed by atoms with van der Waals surface area (Å²) < 4.78 is 10.5. The number of benzene rings is 2. The van der Waals surface area contributed by atoms with Gasteiger partial charge in [-0.25, -0.2) is 0 Å². The summed E-state index contributed by atoms with van der Waals surface area (Å²) in [6.07, 6.45) is 0. The maximum atomic E-state index is 12.1. The molecule has 0 aliphatic carbocycles. The highest BCUT2D eigenvalue weighted by molar-refractivity contribution is 6.31. The lowest BCUT2D eigenvalue weighted by atomic mass is 10.2. The molecule has 0 saturated heterocycles. The number of likely N-dealkylation sites (N-methyl/N-ethyl adjacent to an activating group) is 1. The van der Waals surface area contributed by atoms with Crippen molar-refractivity contribution in [3.63, 3.8) is 0 Å². The van der Waals surface area contributed by atoms with Crippen LogP contribution in [0.2, 0.25) is 5.02 Å². The molecule has 0 fully saturated rings. The fourth-order valence-corrected chi connectivity index (χ4v) is 2.66. The van der Waals surface area contributed by atoms with Crippen molar-refractivity contribution in [2.45, 2.75) is 13.1 Å². The van der Waals surface area contributed by atoms with Crippen molar-refractivity contribution in [3.8, 4) is 11.5 Å². The van der Waals surface area contributed by atoms with E-state index in [9.17, 15) is 4.79 Å². The quantitative estimate of drug-likeness (QED) is 0.784. The van der Waals surface area contributed by atoms with Crippen molar-refractivity contribution in [1.29, 1.82) is 0 Å². The van der Waals surface area contributed by atoms with Crippen LogP contribution in [0.15, 0.2) is 42.5 Å². The van der Waals surface area contributed by atoms with Crippen LogP contribution >= 0.6 is 11.6 Å². The van der Waals surface area contributed by atoms with Crippen molar-refractivity contribution in [2.75, 3.05) is 27.8 Å². The number of amides is 1. The lowest BCUT2D eigenvalue weighted by molar-refractivity contribution is -0.122. The second-order valence-electron chi connectivity index (χ2n) is 5.73. The van der Waals surface area contributed by atoms with Crippen molar-refractivity contribution >= 4 is 17.5 Å². The van der Waals surface area contributed by atoms with E-state index < -0.39 is 0 Å². The molecular weight excluding hydrogens is 340 g/mol. The van der Waals surface area contributed by atoms with Crippen LogP contribution in [0.1, 0.15) is 11.1 Å². The van der Waals surface area contributed by atoms with Crippen LogP contribution in [0, 0.1) is 0 Å². The molecular formula is C19H23ClN2O3. The largest absolute Gasteiger partial charge is 0.493 e. The van der Waals surface area contributed by atoms with Gasteiger partial charge in [0.1, 0.15) is 0 Å². The predicted molar refractivity (Wildman–Crippen MR) is 99.2 cm³/mol. The fourth-order valence-electron chi connectivity index (χ4n) is 2.47. The molecule has 25 heavy (non-hydrogen) atoms. The number of methoxy groups -OCH3 is 2. The van der Waals surface area contributed by atoms with E-state index in [1.165, 1.54) is 0 Å². The van der Waals surface area contributed by atoms with Crippen molar-refractivity contribution < 1.29 is 14.3 Å². The Morgan fingerprint density at radius 2 is 1.84 bits per heavy atom. The van der Waals surface area contributed by atoms with Gasteiger partial charge in [-0.3, -0.25) is 9.69 Å². The van der Waals surface area contributed by atoms with Gasteiger partial charge in [0.05, 0.1) is 20.8 Å². The molecule has 0 bridgehead atoms.